The highest BCUT2D eigenvalue weighted by Gasteiger charge is 2.39. The van der Waals surface area contributed by atoms with Gasteiger partial charge in [0.05, 0.1) is 12.8 Å². The number of rotatable bonds is 4. The lowest BCUT2D eigenvalue weighted by molar-refractivity contribution is 0.245. The van der Waals surface area contributed by atoms with Crippen LogP contribution in [0.25, 0.3) is 0 Å². The third-order valence-corrected chi connectivity index (χ3v) is 5.12. The van der Waals surface area contributed by atoms with E-state index >= 15 is 0 Å². The van der Waals surface area contributed by atoms with Gasteiger partial charge in [-0.3, -0.25) is 0 Å². The van der Waals surface area contributed by atoms with Crippen molar-refractivity contribution in [1.82, 2.24) is 5.32 Å². The zero-order chi connectivity index (χ0) is 14.8. The molecule has 4 heteroatoms. The topological polar surface area (TPSA) is 24.5 Å². The van der Waals surface area contributed by atoms with Gasteiger partial charge in [-0.1, -0.05) is 18.5 Å². The molecule has 116 valence electrons. The fourth-order valence-electron chi connectivity index (χ4n) is 4.09. The SMILES string of the molecule is CCNC1CC2CCCC(C1)N2c1cc(Cl)ccc1OC. The summed E-state index contributed by atoms with van der Waals surface area (Å²) < 4.78 is 5.58. The molecule has 2 aliphatic rings. The van der Waals surface area contributed by atoms with Crippen LogP contribution >= 0.6 is 11.6 Å². The van der Waals surface area contributed by atoms with Crippen LogP contribution in [0, 0.1) is 0 Å². The van der Waals surface area contributed by atoms with Crippen LogP contribution in [0.4, 0.5) is 5.69 Å². The molecule has 0 saturated carbocycles. The highest BCUT2D eigenvalue weighted by molar-refractivity contribution is 6.30. The summed E-state index contributed by atoms with van der Waals surface area (Å²) in [6.45, 7) is 3.26. The van der Waals surface area contributed by atoms with Crippen molar-refractivity contribution in [2.24, 2.45) is 0 Å². The molecule has 2 saturated heterocycles. The monoisotopic (exact) mass is 308 g/mol. The molecule has 1 aromatic carbocycles. The quantitative estimate of drug-likeness (QED) is 0.914. The summed E-state index contributed by atoms with van der Waals surface area (Å²) in [5.74, 6) is 0.943. The fourth-order valence-corrected chi connectivity index (χ4v) is 4.26. The molecule has 2 fully saturated rings. The van der Waals surface area contributed by atoms with Gasteiger partial charge in [0.25, 0.3) is 0 Å². The van der Waals surface area contributed by atoms with Crippen molar-refractivity contribution in [3.8, 4) is 5.75 Å². The van der Waals surface area contributed by atoms with Gasteiger partial charge < -0.3 is 15.0 Å². The van der Waals surface area contributed by atoms with Crippen LogP contribution < -0.4 is 15.0 Å². The van der Waals surface area contributed by atoms with E-state index in [1.807, 2.05) is 12.1 Å². The molecule has 0 amide bonds. The first kappa shape index (κ1) is 15.0. The molecule has 3 nitrogen and oxygen atoms in total. The van der Waals surface area contributed by atoms with E-state index in [9.17, 15) is 0 Å². The Morgan fingerprint density at radius 3 is 2.62 bits per heavy atom. The molecule has 1 aromatic rings. The molecular weight excluding hydrogens is 284 g/mol. The largest absolute Gasteiger partial charge is 0.495 e. The number of halogens is 1. The smallest absolute Gasteiger partial charge is 0.142 e. The van der Waals surface area contributed by atoms with Crippen molar-refractivity contribution in [3.05, 3.63) is 23.2 Å². The molecule has 2 heterocycles. The molecule has 2 bridgehead atoms. The zero-order valence-corrected chi connectivity index (χ0v) is 13.7. The summed E-state index contributed by atoms with van der Waals surface area (Å²) in [4.78, 5) is 2.59. The normalized spacial score (nSPS) is 28.5. The van der Waals surface area contributed by atoms with E-state index in [1.54, 1.807) is 7.11 Å². The average molecular weight is 309 g/mol. The maximum Gasteiger partial charge on any atom is 0.142 e. The van der Waals surface area contributed by atoms with Gasteiger partial charge in [-0.15, -0.1) is 0 Å². The van der Waals surface area contributed by atoms with Gasteiger partial charge >= 0.3 is 0 Å². The Bertz CT molecular complexity index is 480. The van der Waals surface area contributed by atoms with Crippen LogP contribution in [0.5, 0.6) is 5.75 Å². The van der Waals surface area contributed by atoms with Crippen molar-refractivity contribution < 1.29 is 4.74 Å². The number of nitrogens with one attached hydrogen (secondary N) is 1. The Hall–Kier alpha value is -0.930. The molecule has 2 atom stereocenters. The molecule has 21 heavy (non-hydrogen) atoms. The number of hydrogen-bond acceptors (Lipinski definition) is 3. The minimum absolute atomic E-state index is 0.605. The lowest BCUT2D eigenvalue weighted by Gasteiger charge is -2.50. The number of hydrogen-bond donors (Lipinski definition) is 1. The molecule has 0 aromatic heterocycles. The van der Waals surface area contributed by atoms with Crippen LogP contribution in [-0.4, -0.2) is 31.8 Å². The molecular formula is C17H25ClN2O. The van der Waals surface area contributed by atoms with Crippen molar-refractivity contribution in [2.75, 3.05) is 18.6 Å². The van der Waals surface area contributed by atoms with E-state index in [0.29, 0.717) is 18.1 Å². The minimum atomic E-state index is 0.605. The molecule has 0 spiro atoms. The second kappa shape index (κ2) is 6.45. The Morgan fingerprint density at radius 1 is 1.29 bits per heavy atom. The van der Waals surface area contributed by atoms with Crippen LogP contribution in [0.15, 0.2) is 18.2 Å². The minimum Gasteiger partial charge on any atom is -0.495 e. The molecule has 2 unspecified atom stereocenters. The standard InChI is InChI=1S/C17H25ClN2O/c1-3-19-13-10-14-5-4-6-15(11-13)20(14)16-9-12(18)7-8-17(16)21-2/h7-9,13-15,19H,3-6,10-11H2,1-2H3. The average Bonchev–Trinajstić information content (AvgIpc) is 2.46. The second-order valence-corrected chi connectivity index (χ2v) is 6.62. The first-order valence-corrected chi connectivity index (χ1v) is 8.46. The number of ether oxygens (including phenoxy) is 1. The summed E-state index contributed by atoms with van der Waals surface area (Å²) in [5, 5.41) is 4.43. The lowest BCUT2D eigenvalue weighted by Crippen LogP contribution is -2.56. The predicted octanol–water partition coefficient (Wildman–Crippen LogP) is 3.85. The number of anilines is 1. The first-order valence-electron chi connectivity index (χ1n) is 8.08. The van der Waals surface area contributed by atoms with E-state index in [1.165, 1.54) is 37.8 Å². The summed E-state index contributed by atoms with van der Waals surface area (Å²) in [5.41, 5.74) is 1.18. The van der Waals surface area contributed by atoms with Crippen LogP contribution in [0.3, 0.4) is 0 Å². The molecule has 0 radical (unpaired) electrons. The Balaban J connectivity index is 1.90. The van der Waals surface area contributed by atoms with Crippen molar-refractivity contribution in [3.63, 3.8) is 0 Å². The van der Waals surface area contributed by atoms with Gasteiger partial charge in [-0.2, -0.15) is 0 Å². The molecule has 2 aliphatic heterocycles. The van der Waals surface area contributed by atoms with E-state index < -0.39 is 0 Å². The van der Waals surface area contributed by atoms with E-state index in [-0.39, 0.29) is 0 Å². The van der Waals surface area contributed by atoms with Gasteiger partial charge in [0, 0.05) is 23.1 Å². The van der Waals surface area contributed by atoms with Gasteiger partial charge in [0.2, 0.25) is 0 Å². The van der Waals surface area contributed by atoms with Gasteiger partial charge in [-0.25, -0.2) is 0 Å². The maximum absolute atomic E-state index is 6.23. The number of nitrogens with zero attached hydrogens (tertiary/aromatic N) is 1. The Labute approximate surface area is 132 Å². The fraction of sp³-hybridized carbons (Fsp3) is 0.647. The first-order chi connectivity index (χ1) is 10.2. The highest BCUT2D eigenvalue weighted by atomic mass is 35.5. The third-order valence-electron chi connectivity index (χ3n) is 4.89. The molecule has 0 aliphatic carbocycles. The second-order valence-electron chi connectivity index (χ2n) is 6.19. The zero-order valence-electron chi connectivity index (χ0n) is 12.9. The molecule has 1 N–H and O–H groups in total. The molecule has 3 rings (SSSR count). The van der Waals surface area contributed by atoms with Crippen LogP contribution in [0.1, 0.15) is 39.0 Å². The Morgan fingerprint density at radius 2 is 2.00 bits per heavy atom. The van der Waals surface area contributed by atoms with Gasteiger partial charge in [-0.05, 0) is 56.8 Å². The highest BCUT2D eigenvalue weighted by Crippen LogP contribution is 2.42. The van der Waals surface area contributed by atoms with E-state index in [0.717, 1.165) is 17.3 Å². The van der Waals surface area contributed by atoms with Gasteiger partial charge in [0.1, 0.15) is 5.75 Å². The van der Waals surface area contributed by atoms with E-state index in [4.69, 9.17) is 16.3 Å². The Kier molecular flexibility index (Phi) is 4.60. The summed E-state index contributed by atoms with van der Waals surface area (Å²) >= 11 is 6.23. The third kappa shape index (κ3) is 3.00. The van der Waals surface area contributed by atoms with Crippen molar-refractivity contribution in [1.29, 1.82) is 0 Å². The predicted molar refractivity (Wildman–Crippen MR) is 88.6 cm³/mol. The maximum atomic E-state index is 6.23. The number of benzene rings is 1. The van der Waals surface area contributed by atoms with Crippen molar-refractivity contribution in [2.45, 2.75) is 57.2 Å². The summed E-state index contributed by atoms with van der Waals surface area (Å²) in [6, 6.07) is 7.84. The van der Waals surface area contributed by atoms with Crippen LogP contribution in [-0.2, 0) is 0 Å². The number of methoxy groups -OCH3 is 1. The lowest BCUT2D eigenvalue weighted by atomic mass is 9.81. The van der Waals surface area contributed by atoms with Crippen molar-refractivity contribution >= 4 is 17.3 Å². The van der Waals surface area contributed by atoms with Crippen LogP contribution in [0.2, 0.25) is 5.02 Å². The van der Waals surface area contributed by atoms with Gasteiger partial charge in [0.15, 0.2) is 0 Å². The van der Waals surface area contributed by atoms with E-state index in [2.05, 4.69) is 23.2 Å². The number of fused-ring (bicyclic) bond motifs is 2. The number of piperidine rings is 2. The summed E-state index contributed by atoms with van der Waals surface area (Å²) in [7, 11) is 1.74. The summed E-state index contributed by atoms with van der Waals surface area (Å²) in [6.07, 6.45) is 6.33.